The van der Waals surface area contributed by atoms with Crippen molar-refractivity contribution in [3.05, 3.63) is 29.3 Å². The third-order valence-electron chi connectivity index (χ3n) is 3.45. The first-order valence-corrected chi connectivity index (χ1v) is 6.71. The van der Waals surface area contributed by atoms with Crippen LogP contribution < -0.4 is 5.32 Å². The topological polar surface area (TPSA) is 69.6 Å². The molecule has 0 aliphatic heterocycles. The number of aryl methyl sites for hydroxylation is 2. The second kappa shape index (κ2) is 6.93. The predicted octanol–water partition coefficient (Wildman–Crippen LogP) is 3.02. The number of rotatable bonds is 5. The van der Waals surface area contributed by atoms with Gasteiger partial charge in [-0.25, -0.2) is 4.79 Å². The summed E-state index contributed by atoms with van der Waals surface area (Å²) in [7, 11) is 0. The van der Waals surface area contributed by atoms with Gasteiger partial charge in [-0.15, -0.1) is 0 Å². The number of hydrogen-bond acceptors (Lipinski definition) is 2. The molecule has 1 aromatic rings. The van der Waals surface area contributed by atoms with Crippen molar-refractivity contribution in [1.29, 1.82) is 0 Å². The number of urea groups is 1. The lowest BCUT2D eigenvalue weighted by Gasteiger charge is -2.27. The number of carbonyl (C=O) groups is 2. The van der Waals surface area contributed by atoms with E-state index in [1.807, 2.05) is 45.9 Å². The van der Waals surface area contributed by atoms with Crippen LogP contribution in [-0.2, 0) is 4.79 Å². The van der Waals surface area contributed by atoms with Crippen molar-refractivity contribution >= 4 is 17.7 Å². The molecule has 110 valence electrons. The molecule has 1 unspecified atom stereocenters. The maximum atomic E-state index is 12.2. The molecule has 2 N–H and O–H groups in total. The van der Waals surface area contributed by atoms with Crippen molar-refractivity contribution in [2.45, 2.75) is 40.2 Å². The van der Waals surface area contributed by atoms with Gasteiger partial charge in [0.15, 0.2) is 0 Å². The van der Waals surface area contributed by atoms with Gasteiger partial charge >= 0.3 is 12.0 Å². The van der Waals surface area contributed by atoms with E-state index in [1.165, 1.54) is 4.90 Å². The fourth-order valence-corrected chi connectivity index (χ4v) is 1.81. The Labute approximate surface area is 119 Å². The number of benzene rings is 1. The normalized spacial score (nSPS) is 11.8. The molecule has 1 rings (SSSR count). The summed E-state index contributed by atoms with van der Waals surface area (Å²) in [6, 6.07) is 5.11. The van der Waals surface area contributed by atoms with E-state index < -0.39 is 5.97 Å². The molecule has 0 radical (unpaired) electrons. The van der Waals surface area contributed by atoms with Gasteiger partial charge in [-0.05, 0) is 50.5 Å². The standard InChI is InChI=1S/C15H22N2O3/c1-5-12(4)17(9-14(18)19)15(20)16-13-7-6-10(2)11(3)8-13/h6-8,12H,5,9H2,1-4H3,(H,16,20)(H,18,19). The molecule has 0 heterocycles. The lowest BCUT2D eigenvalue weighted by atomic mass is 10.1. The van der Waals surface area contributed by atoms with E-state index >= 15 is 0 Å². The van der Waals surface area contributed by atoms with Crippen molar-refractivity contribution < 1.29 is 14.7 Å². The average Bonchev–Trinajstić information content (AvgIpc) is 2.39. The van der Waals surface area contributed by atoms with Gasteiger partial charge in [0, 0.05) is 11.7 Å². The van der Waals surface area contributed by atoms with Crippen molar-refractivity contribution in [1.82, 2.24) is 4.90 Å². The molecular formula is C15H22N2O3. The third-order valence-corrected chi connectivity index (χ3v) is 3.45. The highest BCUT2D eigenvalue weighted by molar-refractivity contribution is 5.91. The van der Waals surface area contributed by atoms with Gasteiger partial charge in [-0.1, -0.05) is 13.0 Å². The highest BCUT2D eigenvalue weighted by Crippen LogP contribution is 2.15. The van der Waals surface area contributed by atoms with Crippen LogP contribution in [0.5, 0.6) is 0 Å². The number of amides is 2. The zero-order valence-electron chi connectivity index (χ0n) is 12.4. The minimum Gasteiger partial charge on any atom is -0.480 e. The smallest absolute Gasteiger partial charge is 0.323 e. The Kier molecular flexibility index (Phi) is 5.55. The summed E-state index contributed by atoms with van der Waals surface area (Å²) < 4.78 is 0. The Bertz CT molecular complexity index is 500. The molecule has 0 aliphatic carbocycles. The Morgan fingerprint density at radius 1 is 1.30 bits per heavy atom. The number of aliphatic carboxylic acids is 1. The van der Waals surface area contributed by atoms with Crippen molar-refractivity contribution in [3.8, 4) is 0 Å². The van der Waals surface area contributed by atoms with Crippen LogP contribution in [0.2, 0.25) is 0 Å². The number of carbonyl (C=O) groups excluding carboxylic acids is 1. The number of nitrogens with zero attached hydrogens (tertiary/aromatic N) is 1. The van der Waals surface area contributed by atoms with Crippen LogP contribution in [0.4, 0.5) is 10.5 Å². The first-order valence-electron chi connectivity index (χ1n) is 6.71. The van der Waals surface area contributed by atoms with Crippen LogP contribution in [0.15, 0.2) is 18.2 Å². The van der Waals surface area contributed by atoms with Crippen LogP contribution in [-0.4, -0.2) is 34.6 Å². The molecule has 5 nitrogen and oxygen atoms in total. The van der Waals surface area contributed by atoms with Crippen LogP contribution in [0.3, 0.4) is 0 Å². The van der Waals surface area contributed by atoms with Gasteiger partial charge in [0.05, 0.1) is 0 Å². The van der Waals surface area contributed by atoms with E-state index in [0.717, 1.165) is 11.1 Å². The number of carboxylic acid groups (broad SMARTS) is 1. The van der Waals surface area contributed by atoms with Gasteiger partial charge in [0.2, 0.25) is 0 Å². The summed E-state index contributed by atoms with van der Waals surface area (Å²) in [5.74, 6) is -1.01. The van der Waals surface area contributed by atoms with Gasteiger partial charge in [-0.3, -0.25) is 4.79 Å². The molecule has 0 aliphatic rings. The molecule has 0 fully saturated rings. The molecular weight excluding hydrogens is 256 g/mol. The zero-order chi connectivity index (χ0) is 15.3. The number of hydrogen-bond donors (Lipinski definition) is 2. The highest BCUT2D eigenvalue weighted by Gasteiger charge is 2.21. The molecule has 0 bridgehead atoms. The quantitative estimate of drug-likeness (QED) is 0.869. The monoisotopic (exact) mass is 278 g/mol. The second-order valence-electron chi connectivity index (χ2n) is 5.01. The minimum absolute atomic E-state index is 0.127. The number of anilines is 1. The Morgan fingerprint density at radius 3 is 2.45 bits per heavy atom. The number of carboxylic acids is 1. The summed E-state index contributed by atoms with van der Waals surface area (Å²) in [4.78, 5) is 24.4. The molecule has 0 saturated carbocycles. The molecule has 20 heavy (non-hydrogen) atoms. The maximum Gasteiger partial charge on any atom is 0.323 e. The van der Waals surface area contributed by atoms with Gasteiger partial charge in [-0.2, -0.15) is 0 Å². The minimum atomic E-state index is -1.01. The summed E-state index contributed by atoms with van der Waals surface area (Å²) in [5.41, 5.74) is 2.90. The first kappa shape index (κ1) is 16.0. The van der Waals surface area contributed by atoms with Crippen LogP contribution >= 0.6 is 0 Å². The van der Waals surface area contributed by atoms with Gasteiger partial charge < -0.3 is 15.3 Å². The largest absolute Gasteiger partial charge is 0.480 e. The van der Waals surface area contributed by atoms with Crippen molar-refractivity contribution in [2.24, 2.45) is 0 Å². The maximum absolute atomic E-state index is 12.2. The van der Waals surface area contributed by atoms with Crippen LogP contribution in [0.25, 0.3) is 0 Å². The highest BCUT2D eigenvalue weighted by atomic mass is 16.4. The van der Waals surface area contributed by atoms with E-state index in [0.29, 0.717) is 12.1 Å². The van der Waals surface area contributed by atoms with Crippen molar-refractivity contribution in [3.63, 3.8) is 0 Å². The molecule has 1 atom stereocenters. The predicted molar refractivity (Wildman–Crippen MR) is 79.0 cm³/mol. The molecule has 1 aromatic carbocycles. The second-order valence-corrected chi connectivity index (χ2v) is 5.01. The summed E-state index contributed by atoms with van der Waals surface area (Å²) in [6.45, 7) is 7.42. The summed E-state index contributed by atoms with van der Waals surface area (Å²) in [6.07, 6.45) is 0.702. The van der Waals surface area contributed by atoms with Gasteiger partial charge in [0.25, 0.3) is 0 Å². The zero-order valence-corrected chi connectivity index (χ0v) is 12.4. The lowest BCUT2D eigenvalue weighted by molar-refractivity contribution is -0.138. The Morgan fingerprint density at radius 2 is 1.95 bits per heavy atom. The Balaban J connectivity index is 2.84. The average molecular weight is 278 g/mol. The summed E-state index contributed by atoms with van der Waals surface area (Å²) >= 11 is 0. The van der Waals surface area contributed by atoms with E-state index in [9.17, 15) is 9.59 Å². The molecule has 0 aromatic heterocycles. The molecule has 5 heteroatoms. The van der Waals surface area contributed by atoms with E-state index in [-0.39, 0.29) is 18.6 Å². The third kappa shape index (κ3) is 4.26. The van der Waals surface area contributed by atoms with Gasteiger partial charge in [0.1, 0.15) is 6.54 Å². The fourth-order valence-electron chi connectivity index (χ4n) is 1.81. The first-order chi connectivity index (χ1) is 9.35. The molecule has 0 spiro atoms. The van der Waals surface area contributed by atoms with Crippen molar-refractivity contribution in [2.75, 3.05) is 11.9 Å². The van der Waals surface area contributed by atoms with E-state index in [1.54, 1.807) is 0 Å². The van der Waals surface area contributed by atoms with Crippen LogP contribution in [0, 0.1) is 13.8 Å². The SMILES string of the molecule is CCC(C)N(CC(=O)O)C(=O)Nc1ccc(C)c(C)c1. The van der Waals surface area contributed by atoms with E-state index in [4.69, 9.17) is 5.11 Å². The summed E-state index contributed by atoms with van der Waals surface area (Å²) in [5, 5.41) is 11.7. The molecule has 0 saturated heterocycles. The molecule has 2 amide bonds. The van der Waals surface area contributed by atoms with E-state index in [2.05, 4.69) is 5.32 Å². The lowest BCUT2D eigenvalue weighted by Crippen LogP contribution is -2.44. The fraction of sp³-hybridized carbons (Fsp3) is 0.467. The van der Waals surface area contributed by atoms with Crippen LogP contribution in [0.1, 0.15) is 31.4 Å². The Hall–Kier alpha value is -2.04. The number of nitrogens with one attached hydrogen (secondary N) is 1.